The van der Waals surface area contributed by atoms with Gasteiger partial charge in [0, 0.05) is 15.7 Å². The fourth-order valence-corrected chi connectivity index (χ4v) is 3.27. The lowest BCUT2D eigenvalue weighted by Crippen LogP contribution is -2.23. The summed E-state index contributed by atoms with van der Waals surface area (Å²) in [6, 6.07) is 19.3. The number of ether oxygens (including phenoxy) is 3. The van der Waals surface area contributed by atoms with Crippen molar-refractivity contribution in [1.29, 1.82) is 0 Å². The third kappa shape index (κ3) is 7.30. The van der Waals surface area contributed by atoms with Gasteiger partial charge in [0.25, 0.3) is 0 Å². The minimum Gasteiger partial charge on any atom is -0.497 e. The Hall–Kier alpha value is -3.43. The van der Waals surface area contributed by atoms with Crippen LogP contribution in [0.4, 0.5) is 5.69 Å². The van der Waals surface area contributed by atoms with Crippen molar-refractivity contribution >= 4 is 51.1 Å². The van der Waals surface area contributed by atoms with Crippen LogP contribution in [0.2, 0.25) is 0 Å². The molecule has 0 heterocycles. The molecule has 33 heavy (non-hydrogen) atoms. The second-order valence-corrected chi connectivity index (χ2v) is 7.91. The molecular weight excluding hydrogens is 506 g/mol. The van der Waals surface area contributed by atoms with Gasteiger partial charge in [-0.05, 0) is 85.9 Å². The van der Waals surface area contributed by atoms with Gasteiger partial charge >= 0.3 is 5.97 Å². The molecule has 0 atom stereocenters. The number of hydrazone groups is 1. The molecule has 3 aromatic rings. The van der Waals surface area contributed by atoms with E-state index in [2.05, 4.69) is 31.8 Å². The Morgan fingerprint density at radius 2 is 1.76 bits per heavy atom. The Kier molecular flexibility index (Phi) is 8.79. The van der Waals surface area contributed by atoms with Crippen LogP contribution in [0, 0.1) is 0 Å². The van der Waals surface area contributed by atoms with E-state index in [9.17, 15) is 4.79 Å². The van der Waals surface area contributed by atoms with Crippen molar-refractivity contribution in [3.63, 3.8) is 0 Å². The van der Waals surface area contributed by atoms with E-state index in [1.54, 1.807) is 49.6 Å². The lowest BCUT2D eigenvalue weighted by molar-refractivity contribution is 0.0734. The van der Waals surface area contributed by atoms with Gasteiger partial charge < -0.3 is 19.5 Å². The van der Waals surface area contributed by atoms with Gasteiger partial charge in [0.1, 0.15) is 17.2 Å². The summed E-state index contributed by atoms with van der Waals surface area (Å²) < 4.78 is 16.9. The molecule has 0 bridgehead atoms. The molecule has 0 unspecified atom stereocenters. The Bertz CT molecular complexity index is 1140. The van der Waals surface area contributed by atoms with Crippen molar-refractivity contribution in [3.8, 4) is 17.2 Å². The summed E-state index contributed by atoms with van der Waals surface area (Å²) in [5.74, 6) is 1.31. The van der Waals surface area contributed by atoms with Gasteiger partial charge in [-0.1, -0.05) is 15.9 Å². The zero-order valence-corrected chi connectivity index (χ0v) is 20.4. The molecule has 0 spiro atoms. The van der Waals surface area contributed by atoms with E-state index < -0.39 is 5.97 Å². The van der Waals surface area contributed by atoms with Crippen LogP contribution in [0.1, 0.15) is 22.8 Å². The maximum atomic E-state index is 12.6. The van der Waals surface area contributed by atoms with Crippen molar-refractivity contribution in [2.45, 2.75) is 6.92 Å². The summed E-state index contributed by atoms with van der Waals surface area (Å²) in [5, 5.41) is 7.48. The van der Waals surface area contributed by atoms with Crippen molar-refractivity contribution in [2.75, 3.05) is 19.0 Å². The molecule has 0 amide bonds. The molecule has 0 fully saturated rings. The molecule has 0 saturated heterocycles. The maximum absolute atomic E-state index is 12.6. The number of anilines is 1. The van der Waals surface area contributed by atoms with Crippen LogP contribution in [0.15, 0.2) is 76.3 Å². The van der Waals surface area contributed by atoms with E-state index in [0.717, 1.165) is 15.9 Å². The van der Waals surface area contributed by atoms with E-state index in [1.807, 2.05) is 31.2 Å². The van der Waals surface area contributed by atoms with Crippen LogP contribution in [0.5, 0.6) is 17.2 Å². The third-order valence-electron chi connectivity index (χ3n) is 4.29. The second-order valence-electron chi connectivity index (χ2n) is 6.58. The summed E-state index contributed by atoms with van der Waals surface area (Å²) >= 11 is 8.68. The standard InChI is InChI=1S/C24H22BrN3O4S/c1-3-31-21-9-4-16(5-10-21)23(29)32-22-13-6-18(25)14-17(22)15-26-28-24(33)27-19-7-11-20(30-2)12-8-19/h4-15H,3H2,1-2H3,(H2,27,28,33). The average molecular weight is 528 g/mol. The molecule has 0 aliphatic rings. The maximum Gasteiger partial charge on any atom is 0.343 e. The number of methoxy groups -OCH3 is 1. The van der Waals surface area contributed by atoms with E-state index in [0.29, 0.717) is 34.3 Å². The fourth-order valence-electron chi connectivity index (χ4n) is 2.72. The molecule has 9 heteroatoms. The number of carbonyl (C=O) groups excluding carboxylic acids is 1. The zero-order chi connectivity index (χ0) is 23.6. The molecule has 0 radical (unpaired) electrons. The first kappa shape index (κ1) is 24.2. The lowest BCUT2D eigenvalue weighted by Gasteiger charge is -2.10. The van der Waals surface area contributed by atoms with Crippen molar-refractivity contribution in [1.82, 2.24) is 5.43 Å². The molecule has 2 N–H and O–H groups in total. The minimum absolute atomic E-state index is 0.305. The number of benzene rings is 3. The van der Waals surface area contributed by atoms with Crippen LogP contribution in [-0.4, -0.2) is 31.0 Å². The van der Waals surface area contributed by atoms with Gasteiger partial charge in [-0.2, -0.15) is 5.10 Å². The fraction of sp³-hybridized carbons (Fsp3) is 0.125. The zero-order valence-electron chi connectivity index (χ0n) is 18.0. The van der Waals surface area contributed by atoms with Crippen LogP contribution in [0.25, 0.3) is 0 Å². The van der Waals surface area contributed by atoms with Crippen LogP contribution in [0.3, 0.4) is 0 Å². The van der Waals surface area contributed by atoms with Gasteiger partial charge in [-0.3, -0.25) is 5.43 Å². The first-order valence-corrected chi connectivity index (χ1v) is 11.2. The molecule has 7 nitrogen and oxygen atoms in total. The monoisotopic (exact) mass is 527 g/mol. The van der Waals surface area contributed by atoms with Crippen molar-refractivity contribution in [3.05, 3.63) is 82.3 Å². The highest BCUT2D eigenvalue weighted by Gasteiger charge is 2.12. The second kappa shape index (κ2) is 12.0. The number of nitrogens with zero attached hydrogens (tertiary/aromatic N) is 1. The molecule has 170 valence electrons. The van der Waals surface area contributed by atoms with E-state index in [1.165, 1.54) is 6.21 Å². The Morgan fingerprint density at radius 1 is 1.06 bits per heavy atom. The molecule has 0 aliphatic heterocycles. The average Bonchev–Trinajstić information content (AvgIpc) is 2.82. The first-order valence-electron chi connectivity index (χ1n) is 9.97. The van der Waals surface area contributed by atoms with Gasteiger partial charge in [0.2, 0.25) is 0 Å². The predicted molar refractivity (Wildman–Crippen MR) is 137 cm³/mol. The van der Waals surface area contributed by atoms with Gasteiger partial charge in [0.15, 0.2) is 5.11 Å². The number of hydrogen-bond acceptors (Lipinski definition) is 6. The highest BCUT2D eigenvalue weighted by Crippen LogP contribution is 2.23. The largest absolute Gasteiger partial charge is 0.497 e. The SMILES string of the molecule is CCOc1ccc(C(=O)Oc2ccc(Br)cc2C=NNC(=S)Nc2ccc(OC)cc2)cc1. The molecule has 0 aromatic heterocycles. The third-order valence-corrected chi connectivity index (χ3v) is 4.98. The number of halogens is 1. The Morgan fingerprint density at radius 3 is 2.42 bits per heavy atom. The number of nitrogens with one attached hydrogen (secondary N) is 2. The number of carbonyl (C=O) groups is 1. The first-order chi connectivity index (χ1) is 16.0. The van der Waals surface area contributed by atoms with Gasteiger partial charge in [-0.15, -0.1) is 0 Å². The van der Waals surface area contributed by atoms with E-state index in [-0.39, 0.29) is 0 Å². The van der Waals surface area contributed by atoms with Crippen molar-refractivity contribution < 1.29 is 19.0 Å². The van der Waals surface area contributed by atoms with E-state index >= 15 is 0 Å². The van der Waals surface area contributed by atoms with Crippen LogP contribution >= 0.6 is 28.1 Å². The molecule has 3 rings (SSSR count). The number of esters is 1. The van der Waals surface area contributed by atoms with Crippen LogP contribution < -0.4 is 25.0 Å². The number of thiocarbonyl (C=S) groups is 1. The summed E-state index contributed by atoms with van der Waals surface area (Å²) in [5.41, 5.74) is 4.53. The Balaban J connectivity index is 1.64. The highest BCUT2D eigenvalue weighted by atomic mass is 79.9. The van der Waals surface area contributed by atoms with Gasteiger partial charge in [-0.25, -0.2) is 4.79 Å². The lowest BCUT2D eigenvalue weighted by atomic mass is 10.2. The highest BCUT2D eigenvalue weighted by molar-refractivity contribution is 9.10. The minimum atomic E-state index is -0.486. The van der Waals surface area contributed by atoms with Gasteiger partial charge in [0.05, 0.1) is 25.5 Å². The van der Waals surface area contributed by atoms with Crippen LogP contribution in [-0.2, 0) is 0 Å². The summed E-state index contributed by atoms with van der Waals surface area (Å²) in [4.78, 5) is 12.6. The smallest absolute Gasteiger partial charge is 0.343 e. The predicted octanol–water partition coefficient (Wildman–Crippen LogP) is 5.40. The number of hydrogen-bond donors (Lipinski definition) is 2. The quantitative estimate of drug-likeness (QED) is 0.133. The summed E-state index contributed by atoms with van der Waals surface area (Å²) in [6.07, 6.45) is 1.52. The molecule has 0 aliphatic carbocycles. The normalized spacial score (nSPS) is 10.5. The van der Waals surface area contributed by atoms with E-state index in [4.69, 9.17) is 26.4 Å². The van der Waals surface area contributed by atoms with Crippen molar-refractivity contribution in [2.24, 2.45) is 5.10 Å². The molecule has 0 saturated carbocycles. The molecular formula is C24H22BrN3O4S. The summed E-state index contributed by atoms with van der Waals surface area (Å²) in [6.45, 7) is 2.45. The Labute approximate surface area is 205 Å². The summed E-state index contributed by atoms with van der Waals surface area (Å²) in [7, 11) is 1.61. The molecule has 3 aromatic carbocycles. The number of rotatable bonds is 8. The topological polar surface area (TPSA) is 81.2 Å².